The first-order valence-electron chi connectivity index (χ1n) is 9.43. The SMILES string of the molecule is COc1ccc(/C(O)=C2/C(=O)C(=O)N(Cc3ccccn3)C2c2ccncc2)cc1Cl. The maximum absolute atomic E-state index is 13.0. The standard InChI is InChI=1S/C23H18ClN3O4/c1-31-18-6-5-15(12-17(18)24)21(28)19-20(14-7-10-25-11-8-14)27(23(30)22(19)29)13-16-4-2-3-9-26-16/h2-12,20,28H,13H2,1H3/b21-19-. The van der Waals surface area contributed by atoms with Crippen molar-refractivity contribution in [3.05, 3.63) is 94.5 Å². The minimum atomic E-state index is -0.800. The Morgan fingerprint density at radius 2 is 1.90 bits per heavy atom. The molecule has 1 aromatic carbocycles. The highest BCUT2D eigenvalue weighted by Crippen LogP contribution is 2.40. The van der Waals surface area contributed by atoms with E-state index in [2.05, 4.69) is 9.97 Å². The highest BCUT2D eigenvalue weighted by molar-refractivity contribution is 6.46. The van der Waals surface area contributed by atoms with Crippen molar-refractivity contribution < 1.29 is 19.4 Å². The third-order valence-electron chi connectivity index (χ3n) is 5.05. The summed E-state index contributed by atoms with van der Waals surface area (Å²) >= 11 is 6.20. The molecule has 1 N–H and O–H groups in total. The zero-order chi connectivity index (χ0) is 22.0. The zero-order valence-corrected chi connectivity index (χ0v) is 17.3. The number of pyridine rings is 2. The van der Waals surface area contributed by atoms with E-state index < -0.39 is 17.7 Å². The van der Waals surface area contributed by atoms with E-state index in [1.54, 1.807) is 61.1 Å². The number of methoxy groups -OCH3 is 1. The Balaban J connectivity index is 1.85. The topological polar surface area (TPSA) is 92.6 Å². The van der Waals surface area contributed by atoms with Crippen LogP contribution in [0, 0.1) is 0 Å². The van der Waals surface area contributed by atoms with Gasteiger partial charge < -0.3 is 14.7 Å². The van der Waals surface area contributed by atoms with Crippen LogP contribution in [0.3, 0.4) is 0 Å². The lowest BCUT2D eigenvalue weighted by molar-refractivity contribution is -0.140. The molecule has 1 unspecified atom stereocenters. The van der Waals surface area contributed by atoms with Crippen LogP contribution in [0.25, 0.3) is 5.76 Å². The number of halogens is 1. The van der Waals surface area contributed by atoms with Gasteiger partial charge in [0, 0.05) is 24.2 Å². The number of aliphatic hydroxyl groups excluding tert-OH is 1. The van der Waals surface area contributed by atoms with E-state index in [1.165, 1.54) is 18.1 Å². The molecule has 8 heteroatoms. The molecule has 156 valence electrons. The first-order valence-corrected chi connectivity index (χ1v) is 9.81. The number of benzene rings is 1. The van der Waals surface area contributed by atoms with Gasteiger partial charge in [-0.3, -0.25) is 19.6 Å². The lowest BCUT2D eigenvalue weighted by atomic mass is 9.96. The van der Waals surface area contributed by atoms with E-state index in [4.69, 9.17) is 16.3 Å². The summed E-state index contributed by atoms with van der Waals surface area (Å²) in [6.07, 6.45) is 4.76. The Morgan fingerprint density at radius 1 is 1.13 bits per heavy atom. The molecule has 1 amide bonds. The van der Waals surface area contributed by atoms with E-state index in [-0.39, 0.29) is 22.9 Å². The molecule has 7 nitrogen and oxygen atoms in total. The van der Waals surface area contributed by atoms with Crippen LogP contribution < -0.4 is 4.74 Å². The second kappa shape index (κ2) is 8.57. The third kappa shape index (κ3) is 3.87. The van der Waals surface area contributed by atoms with Crippen molar-refractivity contribution in [2.24, 2.45) is 0 Å². The Bertz CT molecular complexity index is 1170. The predicted octanol–water partition coefficient (Wildman–Crippen LogP) is 3.76. The molecule has 0 spiro atoms. The summed E-state index contributed by atoms with van der Waals surface area (Å²) in [7, 11) is 1.48. The van der Waals surface area contributed by atoms with Gasteiger partial charge in [0.15, 0.2) is 0 Å². The highest BCUT2D eigenvalue weighted by Gasteiger charge is 2.46. The number of amides is 1. The van der Waals surface area contributed by atoms with Gasteiger partial charge in [0.25, 0.3) is 11.7 Å². The van der Waals surface area contributed by atoms with Gasteiger partial charge >= 0.3 is 0 Å². The summed E-state index contributed by atoms with van der Waals surface area (Å²) in [6, 6.07) is 12.6. The molecule has 31 heavy (non-hydrogen) atoms. The van der Waals surface area contributed by atoms with Gasteiger partial charge in [-0.1, -0.05) is 17.7 Å². The minimum absolute atomic E-state index is 0.0200. The summed E-state index contributed by atoms with van der Waals surface area (Å²) in [5, 5.41) is 11.3. The molecule has 3 heterocycles. The van der Waals surface area contributed by atoms with Gasteiger partial charge in [-0.05, 0) is 48.0 Å². The number of rotatable bonds is 5. The van der Waals surface area contributed by atoms with Crippen LogP contribution in [0.1, 0.15) is 22.9 Å². The second-order valence-electron chi connectivity index (χ2n) is 6.88. The largest absolute Gasteiger partial charge is 0.507 e. The number of ketones is 1. The van der Waals surface area contributed by atoms with Crippen molar-refractivity contribution in [1.29, 1.82) is 0 Å². The number of carbonyl (C=O) groups excluding carboxylic acids is 2. The molecule has 1 aliphatic heterocycles. The Kier molecular flexibility index (Phi) is 5.68. The zero-order valence-electron chi connectivity index (χ0n) is 16.5. The molecule has 1 saturated heterocycles. The van der Waals surface area contributed by atoms with E-state index in [9.17, 15) is 14.7 Å². The average molecular weight is 436 g/mol. The van der Waals surface area contributed by atoms with Gasteiger partial charge in [0.2, 0.25) is 0 Å². The number of hydrogen-bond acceptors (Lipinski definition) is 6. The van der Waals surface area contributed by atoms with Crippen LogP contribution in [-0.2, 0) is 16.1 Å². The van der Waals surface area contributed by atoms with Crippen LogP contribution in [0.4, 0.5) is 0 Å². The van der Waals surface area contributed by atoms with E-state index >= 15 is 0 Å². The lowest BCUT2D eigenvalue weighted by Crippen LogP contribution is -2.29. The van der Waals surface area contributed by atoms with E-state index in [0.717, 1.165) is 0 Å². The van der Waals surface area contributed by atoms with E-state index in [1.807, 2.05) is 0 Å². The number of Topliss-reactive ketones (excluding diaryl/α,β-unsaturated/α-hetero) is 1. The second-order valence-corrected chi connectivity index (χ2v) is 7.29. The molecule has 0 aliphatic carbocycles. The Labute approximate surface area is 183 Å². The number of nitrogens with zero attached hydrogens (tertiary/aromatic N) is 3. The minimum Gasteiger partial charge on any atom is -0.507 e. The van der Waals surface area contributed by atoms with E-state index in [0.29, 0.717) is 22.6 Å². The molecule has 3 aromatic rings. The molecule has 0 bridgehead atoms. The molecular weight excluding hydrogens is 418 g/mol. The van der Waals surface area contributed by atoms with Crippen molar-refractivity contribution in [2.45, 2.75) is 12.6 Å². The van der Waals surface area contributed by atoms with Gasteiger partial charge in [-0.2, -0.15) is 0 Å². The molecule has 1 atom stereocenters. The highest BCUT2D eigenvalue weighted by atomic mass is 35.5. The van der Waals surface area contributed by atoms with Crippen molar-refractivity contribution in [1.82, 2.24) is 14.9 Å². The van der Waals surface area contributed by atoms with Crippen molar-refractivity contribution >= 4 is 29.1 Å². The molecule has 1 aliphatic rings. The third-order valence-corrected chi connectivity index (χ3v) is 5.34. The maximum Gasteiger partial charge on any atom is 0.296 e. The molecule has 0 radical (unpaired) electrons. The van der Waals surface area contributed by atoms with Crippen LogP contribution >= 0.6 is 11.6 Å². The van der Waals surface area contributed by atoms with Crippen LogP contribution in [0.2, 0.25) is 5.02 Å². The van der Waals surface area contributed by atoms with Crippen LogP contribution in [0.15, 0.2) is 72.7 Å². The molecular formula is C23H18ClN3O4. The molecule has 4 rings (SSSR count). The fourth-order valence-electron chi connectivity index (χ4n) is 3.57. The normalized spacial score (nSPS) is 17.7. The Morgan fingerprint density at radius 3 is 2.55 bits per heavy atom. The van der Waals surface area contributed by atoms with Crippen molar-refractivity contribution in [2.75, 3.05) is 7.11 Å². The summed E-state index contributed by atoms with van der Waals surface area (Å²) in [4.78, 5) is 35.6. The number of ether oxygens (including phenoxy) is 1. The first kappa shape index (κ1) is 20.6. The van der Waals surface area contributed by atoms with Gasteiger partial charge in [0.1, 0.15) is 11.5 Å². The first-order chi connectivity index (χ1) is 15.0. The Hall–Kier alpha value is -3.71. The van der Waals surface area contributed by atoms with Crippen molar-refractivity contribution in [3.8, 4) is 5.75 Å². The number of carbonyl (C=O) groups is 2. The monoisotopic (exact) mass is 435 g/mol. The smallest absolute Gasteiger partial charge is 0.296 e. The quantitative estimate of drug-likeness (QED) is 0.372. The number of aromatic nitrogens is 2. The average Bonchev–Trinajstić information content (AvgIpc) is 3.04. The predicted molar refractivity (Wildman–Crippen MR) is 114 cm³/mol. The van der Waals surface area contributed by atoms with Gasteiger partial charge in [-0.25, -0.2) is 0 Å². The fraction of sp³-hybridized carbons (Fsp3) is 0.130. The number of aliphatic hydroxyl groups is 1. The fourth-order valence-corrected chi connectivity index (χ4v) is 3.83. The molecule has 2 aromatic heterocycles. The molecule has 0 saturated carbocycles. The lowest BCUT2D eigenvalue weighted by Gasteiger charge is -2.25. The number of hydrogen-bond donors (Lipinski definition) is 1. The van der Waals surface area contributed by atoms with Crippen LogP contribution in [-0.4, -0.2) is 38.8 Å². The van der Waals surface area contributed by atoms with Crippen LogP contribution in [0.5, 0.6) is 5.75 Å². The van der Waals surface area contributed by atoms with Gasteiger partial charge in [0.05, 0.1) is 36.0 Å². The van der Waals surface area contributed by atoms with Crippen molar-refractivity contribution in [3.63, 3.8) is 0 Å². The number of likely N-dealkylation sites (tertiary alicyclic amines) is 1. The van der Waals surface area contributed by atoms with Gasteiger partial charge in [-0.15, -0.1) is 0 Å². The summed E-state index contributed by atoms with van der Waals surface area (Å²) < 4.78 is 5.14. The summed E-state index contributed by atoms with van der Waals surface area (Å²) in [5.41, 5.74) is 1.55. The maximum atomic E-state index is 13.0. The molecule has 1 fully saturated rings. The summed E-state index contributed by atoms with van der Waals surface area (Å²) in [6.45, 7) is 0.110. The summed E-state index contributed by atoms with van der Waals surface area (Å²) in [5.74, 6) is -1.37.